The maximum absolute atomic E-state index is 13.3. The number of nitrogens with zero attached hydrogens (tertiary/aromatic N) is 2. The molecular weight excluding hydrogens is 449 g/mol. The lowest BCUT2D eigenvalue weighted by molar-refractivity contribution is -0.137. The number of nitrogens with two attached hydrogens (primary N) is 1. The Labute approximate surface area is 197 Å². The molecule has 0 saturated carbocycles. The average molecular weight is 477 g/mol. The first-order chi connectivity index (χ1) is 15.6. The number of pyridine rings is 1. The molecule has 176 valence electrons. The van der Waals surface area contributed by atoms with Crippen LogP contribution in [0.5, 0.6) is 0 Å². The number of nitrogens with one attached hydrogen (secondary N) is 1. The summed E-state index contributed by atoms with van der Waals surface area (Å²) in [6, 6.07) is 2.06. The number of halogens is 4. The number of fused-ring (bicyclic) bond motifs is 1. The van der Waals surface area contributed by atoms with E-state index in [1.165, 1.54) is 6.20 Å². The van der Waals surface area contributed by atoms with Gasteiger partial charge >= 0.3 is 6.18 Å². The van der Waals surface area contributed by atoms with E-state index in [-0.39, 0.29) is 11.2 Å². The fourth-order valence-electron chi connectivity index (χ4n) is 4.93. The monoisotopic (exact) mass is 476 g/mol. The Morgan fingerprint density at radius 2 is 2.15 bits per heavy atom. The van der Waals surface area contributed by atoms with Gasteiger partial charge in [0, 0.05) is 23.2 Å². The van der Waals surface area contributed by atoms with Gasteiger partial charge in [-0.1, -0.05) is 29.8 Å². The van der Waals surface area contributed by atoms with E-state index in [0.717, 1.165) is 66.3 Å². The van der Waals surface area contributed by atoms with Gasteiger partial charge in [0.2, 0.25) is 0 Å². The summed E-state index contributed by atoms with van der Waals surface area (Å²) in [5.74, 6) is 0. The van der Waals surface area contributed by atoms with Crippen LogP contribution in [0.4, 0.5) is 13.2 Å². The van der Waals surface area contributed by atoms with E-state index in [0.29, 0.717) is 18.5 Å². The number of allylic oxidation sites excluding steroid dienone is 3. The first-order valence-corrected chi connectivity index (χ1v) is 11.4. The molecule has 0 spiro atoms. The highest BCUT2D eigenvalue weighted by atomic mass is 35.5. The van der Waals surface area contributed by atoms with Crippen LogP contribution in [-0.4, -0.2) is 29.3 Å². The molecule has 0 bridgehead atoms. The van der Waals surface area contributed by atoms with E-state index in [2.05, 4.69) is 29.9 Å². The number of hydrogen-bond acceptors (Lipinski definition) is 4. The fraction of sp³-hybridized carbons (Fsp3) is 0.440. The Morgan fingerprint density at radius 3 is 2.82 bits per heavy atom. The van der Waals surface area contributed by atoms with Gasteiger partial charge < -0.3 is 11.1 Å². The first-order valence-electron chi connectivity index (χ1n) is 11.1. The molecule has 0 amide bonds. The molecule has 1 aromatic heterocycles. The van der Waals surface area contributed by atoms with E-state index >= 15 is 0 Å². The molecule has 0 aromatic carbocycles. The summed E-state index contributed by atoms with van der Waals surface area (Å²) in [5.41, 5.74) is 8.04. The zero-order chi connectivity index (χ0) is 23.9. The lowest BCUT2D eigenvalue weighted by Crippen LogP contribution is -2.45. The second-order valence-corrected chi connectivity index (χ2v) is 9.79. The van der Waals surface area contributed by atoms with Crippen molar-refractivity contribution < 1.29 is 13.2 Å². The molecule has 1 fully saturated rings. The third-order valence-electron chi connectivity index (χ3n) is 6.98. The number of aromatic nitrogens is 1. The summed E-state index contributed by atoms with van der Waals surface area (Å²) in [6.07, 6.45) is 6.04. The minimum Gasteiger partial charge on any atom is -0.404 e. The van der Waals surface area contributed by atoms with E-state index in [1.807, 2.05) is 6.08 Å². The third kappa shape index (κ3) is 4.66. The van der Waals surface area contributed by atoms with Crippen molar-refractivity contribution in [3.8, 4) is 0 Å². The highest BCUT2D eigenvalue weighted by Gasteiger charge is 2.44. The maximum atomic E-state index is 13.3. The predicted octanol–water partition coefficient (Wildman–Crippen LogP) is 5.77. The van der Waals surface area contributed by atoms with E-state index in [4.69, 9.17) is 22.3 Å². The molecule has 1 aliphatic heterocycles. The highest BCUT2D eigenvalue weighted by Crippen LogP contribution is 2.50. The number of rotatable bonds is 3. The Balaban J connectivity index is 1.75. The lowest BCUT2D eigenvalue weighted by Gasteiger charge is -2.45. The van der Waals surface area contributed by atoms with Crippen molar-refractivity contribution in [2.75, 3.05) is 13.1 Å². The van der Waals surface area contributed by atoms with Gasteiger partial charge in [0.05, 0.1) is 22.5 Å². The molecule has 3 N–H and O–H groups in total. The van der Waals surface area contributed by atoms with Crippen molar-refractivity contribution in [1.29, 1.82) is 0 Å². The molecular formula is C25H28ClF3N4. The van der Waals surface area contributed by atoms with Crippen LogP contribution in [-0.2, 0) is 6.18 Å². The zero-order valence-corrected chi connectivity index (χ0v) is 19.4. The molecule has 0 radical (unpaired) electrons. The minimum absolute atomic E-state index is 0.246. The van der Waals surface area contributed by atoms with Crippen molar-refractivity contribution in [1.82, 2.24) is 10.3 Å². The third-order valence-corrected chi connectivity index (χ3v) is 7.32. The normalized spacial score (nSPS) is 30.6. The number of alkyl halides is 3. The maximum Gasteiger partial charge on any atom is 0.416 e. The van der Waals surface area contributed by atoms with Crippen molar-refractivity contribution in [3.63, 3.8) is 0 Å². The molecule has 8 heteroatoms. The van der Waals surface area contributed by atoms with Crippen LogP contribution in [0.3, 0.4) is 0 Å². The van der Waals surface area contributed by atoms with Crippen molar-refractivity contribution in [2.45, 2.75) is 50.7 Å². The van der Waals surface area contributed by atoms with Gasteiger partial charge in [-0.05, 0) is 81.1 Å². The van der Waals surface area contributed by atoms with Crippen molar-refractivity contribution >= 4 is 22.9 Å². The Bertz CT molecular complexity index is 1090. The average Bonchev–Trinajstić information content (AvgIpc) is 2.79. The van der Waals surface area contributed by atoms with Gasteiger partial charge in [-0.15, -0.1) is 0 Å². The quantitative estimate of drug-likeness (QED) is 0.582. The summed E-state index contributed by atoms with van der Waals surface area (Å²) in [4.78, 5) is 9.33. The number of piperidine rings is 1. The largest absolute Gasteiger partial charge is 0.416 e. The minimum atomic E-state index is -4.44. The Morgan fingerprint density at radius 1 is 1.36 bits per heavy atom. The van der Waals surface area contributed by atoms with Crippen LogP contribution in [0.15, 0.2) is 64.4 Å². The topological polar surface area (TPSA) is 63.3 Å². The molecule has 2 heterocycles. The van der Waals surface area contributed by atoms with E-state index < -0.39 is 17.2 Å². The Hall–Kier alpha value is -2.38. The van der Waals surface area contributed by atoms with Gasteiger partial charge in [0.15, 0.2) is 0 Å². The molecule has 4 nitrogen and oxygen atoms in total. The van der Waals surface area contributed by atoms with Gasteiger partial charge in [-0.2, -0.15) is 13.2 Å². The Kier molecular flexibility index (Phi) is 6.31. The van der Waals surface area contributed by atoms with Crippen molar-refractivity contribution in [2.24, 2.45) is 16.1 Å². The molecule has 2 aliphatic carbocycles. The lowest BCUT2D eigenvalue weighted by atomic mass is 9.63. The summed E-state index contributed by atoms with van der Waals surface area (Å²) in [6.45, 7) is 7.68. The molecule has 1 aromatic rings. The van der Waals surface area contributed by atoms with Crippen LogP contribution in [0.1, 0.15) is 50.3 Å². The van der Waals surface area contributed by atoms with Gasteiger partial charge in [0.25, 0.3) is 0 Å². The molecule has 2 unspecified atom stereocenters. The molecule has 4 rings (SSSR count). The summed E-state index contributed by atoms with van der Waals surface area (Å²) >= 11 is 6.16. The van der Waals surface area contributed by atoms with Gasteiger partial charge in [-0.3, -0.25) is 9.98 Å². The van der Waals surface area contributed by atoms with Gasteiger partial charge in [-0.25, -0.2) is 0 Å². The highest BCUT2D eigenvalue weighted by molar-refractivity contribution is 6.29. The van der Waals surface area contributed by atoms with Crippen LogP contribution in [0.2, 0.25) is 0 Å². The summed E-state index contributed by atoms with van der Waals surface area (Å²) < 4.78 is 40.0. The van der Waals surface area contributed by atoms with Crippen LogP contribution >= 0.6 is 11.6 Å². The van der Waals surface area contributed by atoms with Crippen LogP contribution in [0.25, 0.3) is 5.57 Å². The van der Waals surface area contributed by atoms with E-state index in [1.54, 1.807) is 6.20 Å². The molecule has 3 aliphatic rings. The molecule has 2 atom stereocenters. The van der Waals surface area contributed by atoms with Crippen LogP contribution in [0, 0.1) is 5.41 Å². The van der Waals surface area contributed by atoms with Crippen molar-refractivity contribution in [3.05, 3.63) is 70.7 Å². The number of hydrogen-bond donors (Lipinski definition) is 2. The smallest absolute Gasteiger partial charge is 0.404 e. The second kappa shape index (κ2) is 8.76. The zero-order valence-electron chi connectivity index (χ0n) is 18.6. The number of aliphatic imine (C=N–C) groups is 1. The molecule has 33 heavy (non-hydrogen) atoms. The summed E-state index contributed by atoms with van der Waals surface area (Å²) in [7, 11) is 0. The van der Waals surface area contributed by atoms with E-state index in [9.17, 15) is 13.2 Å². The second-order valence-electron chi connectivity index (χ2n) is 9.30. The molecule has 1 saturated heterocycles. The van der Waals surface area contributed by atoms with Gasteiger partial charge in [0.1, 0.15) is 0 Å². The standard InChI is InChI=1S/C25H28ClF3N4/c1-16(21-12-19(6-10-32-21)25(27,28)29)24-13-17(14-30)22(11-18(24)5-9-31-15-24)33-23(2)7-3-20(26)4-8-23/h3,6,10-12,14,31H,1,4-5,7-9,13,15,30H2,2H3. The summed E-state index contributed by atoms with van der Waals surface area (Å²) in [5, 5.41) is 4.26. The fourth-order valence-corrected chi connectivity index (χ4v) is 5.10. The first kappa shape index (κ1) is 23.8. The predicted molar refractivity (Wildman–Crippen MR) is 127 cm³/mol. The SMILES string of the molecule is C=C(c1cc(C(F)(F)F)ccn1)C12CNCCC1=CC(=NC1(C)CC=C(Cl)CC1)C(=CN)C2. The van der Waals surface area contributed by atoms with Crippen LogP contribution < -0.4 is 11.1 Å².